The topological polar surface area (TPSA) is 55.4 Å². The molecule has 0 heterocycles. The highest BCUT2D eigenvalue weighted by Crippen LogP contribution is 2.19. The highest BCUT2D eigenvalue weighted by Gasteiger charge is 2.09. The third-order valence-corrected chi connectivity index (χ3v) is 3.11. The lowest BCUT2D eigenvalue weighted by atomic mass is 10.0. The van der Waals surface area contributed by atoms with Crippen molar-refractivity contribution in [2.45, 2.75) is 12.8 Å². The molecule has 0 bridgehead atoms. The van der Waals surface area contributed by atoms with Gasteiger partial charge in [0.2, 0.25) is 5.91 Å². The lowest BCUT2D eigenvalue weighted by molar-refractivity contribution is -0.131. The zero-order chi connectivity index (χ0) is 15.1. The zero-order valence-electron chi connectivity index (χ0n) is 11.8. The smallest absolute Gasteiger partial charge is 0.243 e. The van der Waals surface area contributed by atoms with Crippen molar-refractivity contribution in [3.8, 4) is 11.1 Å². The molecule has 0 spiro atoms. The molecule has 4 nitrogen and oxygen atoms in total. The highest BCUT2D eigenvalue weighted by molar-refractivity contribution is 5.98. The van der Waals surface area contributed by atoms with Crippen LogP contribution in [0.25, 0.3) is 11.1 Å². The van der Waals surface area contributed by atoms with E-state index in [0.29, 0.717) is 5.56 Å². The van der Waals surface area contributed by atoms with Crippen LogP contribution >= 0.6 is 0 Å². The fourth-order valence-corrected chi connectivity index (χ4v) is 2.02. The standard InChI is InChI=1S/C17H17NO3/c1-21-18-17(20)12-11-16(19)15-9-7-14(8-10-15)13-5-3-2-4-6-13/h2-10H,11-12H2,1H3,(H,18,20). The molecule has 0 fully saturated rings. The fraction of sp³-hybridized carbons (Fsp3) is 0.176. The average Bonchev–Trinajstić information content (AvgIpc) is 2.54. The number of amides is 1. The Labute approximate surface area is 123 Å². The lowest BCUT2D eigenvalue weighted by Crippen LogP contribution is -2.22. The first-order valence-electron chi connectivity index (χ1n) is 6.71. The lowest BCUT2D eigenvalue weighted by Gasteiger charge is -2.04. The van der Waals surface area contributed by atoms with Gasteiger partial charge in [0.15, 0.2) is 5.78 Å². The number of carbonyl (C=O) groups excluding carboxylic acids is 2. The van der Waals surface area contributed by atoms with E-state index >= 15 is 0 Å². The summed E-state index contributed by atoms with van der Waals surface area (Å²) in [6.07, 6.45) is 0.285. The molecule has 1 N–H and O–H groups in total. The van der Waals surface area contributed by atoms with Gasteiger partial charge in [-0.1, -0.05) is 54.6 Å². The summed E-state index contributed by atoms with van der Waals surface area (Å²) in [5, 5.41) is 0. The van der Waals surface area contributed by atoms with Gasteiger partial charge in [-0.15, -0.1) is 0 Å². The van der Waals surface area contributed by atoms with Gasteiger partial charge < -0.3 is 0 Å². The van der Waals surface area contributed by atoms with E-state index in [0.717, 1.165) is 11.1 Å². The molecule has 2 aromatic rings. The van der Waals surface area contributed by atoms with Gasteiger partial charge in [0.1, 0.15) is 0 Å². The molecule has 2 aromatic carbocycles. The summed E-state index contributed by atoms with van der Waals surface area (Å²) in [5.74, 6) is -0.354. The van der Waals surface area contributed by atoms with Crippen LogP contribution in [-0.4, -0.2) is 18.8 Å². The Bertz CT molecular complexity index is 606. The Morgan fingerprint density at radius 1 is 0.905 bits per heavy atom. The Morgan fingerprint density at radius 2 is 1.52 bits per heavy atom. The molecule has 4 heteroatoms. The number of hydroxylamine groups is 1. The van der Waals surface area contributed by atoms with E-state index in [2.05, 4.69) is 10.3 Å². The molecule has 0 saturated heterocycles. The van der Waals surface area contributed by atoms with E-state index < -0.39 is 0 Å². The van der Waals surface area contributed by atoms with Gasteiger partial charge in [-0.25, -0.2) is 5.48 Å². The van der Waals surface area contributed by atoms with Gasteiger partial charge in [-0.3, -0.25) is 14.4 Å². The van der Waals surface area contributed by atoms with E-state index in [9.17, 15) is 9.59 Å². The number of Topliss-reactive ketones (excluding diaryl/α,β-unsaturated/α-hetero) is 1. The van der Waals surface area contributed by atoms with Crippen LogP contribution < -0.4 is 5.48 Å². The van der Waals surface area contributed by atoms with Gasteiger partial charge >= 0.3 is 0 Å². The first-order chi connectivity index (χ1) is 10.2. The third kappa shape index (κ3) is 4.26. The fourth-order valence-electron chi connectivity index (χ4n) is 2.02. The maximum atomic E-state index is 12.0. The molecule has 0 radical (unpaired) electrons. The van der Waals surface area contributed by atoms with Crippen molar-refractivity contribution in [1.82, 2.24) is 5.48 Å². The molecule has 0 unspecified atom stereocenters. The van der Waals surface area contributed by atoms with E-state index in [1.807, 2.05) is 42.5 Å². The van der Waals surface area contributed by atoms with Crippen LogP contribution in [0.3, 0.4) is 0 Å². The van der Waals surface area contributed by atoms with Crippen molar-refractivity contribution in [2.24, 2.45) is 0 Å². The van der Waals surface area contributed by atoms with Crippen LogP contribution in [0, 0.1) is 0 Å². The summed E-state index contributed by atoms with van der Waals surface area (Å²) in [6, 6.07) is 17.4. The van der Waals surface area contributed by atoms with Crippen molar-refractivity contribution in [3.63, 3.8) is 0 Å². The second-order valence-corrected chi connectivity index (χ2v) is 4.60. The number of nitrogens with one attached hydrogen (secondary N) is 1. The van der Waals surface area contributed by atoms with Crippen molar-refractivity contribution in [2.75, 3.05) is 7.11 Å². The SMILES string of the molecule is CONC(=O)CCC(=O)c1ccc(-c2ccccc2)cc1. The quantitative estimate of drug-likeness (QED) is 0.655. The summed E-state index contributed by atoms with van der Waals surface area (Å²) < 4.78 is 0. The van der Waals surface area contributed by atoms with Crippen molar-refractivity contribution in [1.29, 1.82) is 0 Å². The maximum Gasteiger partial charge on any atom is 0.243 e. The summed E-state index contributed by atoms with van der Waals surface area (Å²) >= 11 is 0. The molecule has 0 aliphatic rings. The van der Waals surface area contributed by atoms with Gasteiger partial charge in [0, 0.05) is 18.4 Å². The molecular weight excluding hydrogens is 266 g/mol. The van der Waals surface area contributed by atoms with Crippen molar-refractivity contribution < 1.29 is 14.4 Å². The monoisotopic (exact) mass is 283 g/mol. The van der Waals surface area contributed by atoms with Crippen LogP contribution in [-0.2, 0) is 9.63 Å². The first-order valence-corrected chi connectivity index (χ1v) is 6.71. The summed E-state index contributed by atoms with van der Waals surface area (Å²) in [7, 11) is 1.36. The van der Waals surface area contributed by atoms with Gasteiger partial charge in [-0.2, -0.15) is 0 Å². The number of ketones is 1. The van der Waals surface area contributed by atoms with Crippen molar-refractivity contribution >= 4 is 11.7 Å². The summed E-state index contributed by atoms with van der Waals surface area (Å²) in [5.41, 5.74) is 4.97. The molecule has 108 valence electrons. The second-order valence-electron chi connectivity index (χ2n) is 4.60. The minimum atomic E-state index is -0.299. The molecule has 2 rings (SSSR count). The van der Waals surface area contributed by atoms with E-state index in [1.165, 1.54) is 7.11 Å². The van der Waals surface area contributed by atoms with Crippen molar-refractivity contribution in [3.05, 3.63) is 60.2 Å². The largest absolute Gasteiger partial charge is 0.294 e. The van der Waals surface area contributed by atoms with E-state index in [-0.39, 0.29) is 24.5 Å². The van der Waals surface area contributed by atoms with Crippen LogP contribution in [0.5, 0.6) is 0 Å². The predicted octanol–water partition coefficient (Wildman–Crippen LogP) is 2.99. The average molecular weight is 283 g/mol. The Kier molecular flexibility index (Phi) is 5.23. The Balaban J connectivity index is 1.99. The number of rotatable bonds is 6. The van der Waals surface area contributed by atoms with Crippen LogP contribution in [0.4, 0.5) is 0 Å². The molecule has 0 saturated carbocycles. The Morgan fingerprint density at radius 3 is 2.14 bits per heavy atom. The number of carbonyl (C=O) groups is 2. The summed E-state index contributed by atoms with van der Waals surface area (Å²) in [6.45, 7) is 0. The number of hydrogen-bond donors (Lipinski definition) is 1. The van der Waals surface area contributed by atoms with Crippen LogP contribution in [0.2, 0.25) is 0 Å². The van der Waals surface area contributed by atoms with Crippen LogP contribution in [0.15, 0.2) is 54.6 Å². The normalized spacial score (nSPS) is 10.1. The minimum Gasteiger partial charge on any atom is -0.294 e. The predicted molar refractivity (Wildman–Crippen MR) is 80.6 cm³/mol. The maximum absolute atomic E-state index is 12.0. The molecule has 21 heavy (non-hydrogen) atoms. The third-order valence-electron chi connectivity index (χ3n) is 3.11. The number of benzene rings is 2. The first kappa shape index (κ1) is 14.9. The van der Waals surface area contributed by atoms with Crippen LogP contribution in [0.1, 0.15) is 23.2 Å². The Hall–Kier alpha value is -2.46. The second kappa shape index (κ2) is 7.36. The zero-order valence-corrected chi connectivity index (χ0v) is 11.8. The van der Waals surface area contributed by atoms with Gasteiger partial charge in [0.25, 0.3) is 0 Å². The molecule has 0 aliphatic carbocycles. The molecule has 0 atom stereocenters. The molecule has 0 aromatic heterocycles. The van der Waals surface area contributed by atoms with E-state index in [1.54, 1.807) is 12.1 Å². The summed E-state index contributed by atoms with van der Waals surface area (Å²) in [4.78, 5) is 27.7. The molecule has 1 amide bonds. The molecule has 0 aliphatic heterocycles. The highest BCUT2D eigenvalue weighted by atomic mass is 16.6. The minimum absolute atomic E-state index is 0.0548. The van der Waals surface area contributed by atoms with Gasteiger partial charge in [0.05, 0.1) is 7.11 Å². The van der Waals surface area contributed by atoms with E-state index in [4.69, 9.17) is 0 Å². The molecular formula is C17H17NO3. The number of hydrogen-bond acceptors (Lipinski definition) is 3. The van der Waals surface area contributed by atoms with Gasteiger partial charge in [-0.05, 0) is 11.1 Å².